The number of nitrogens with zero attached hydrogens (tertiary/aromatic N) is 3. The normalized spacial score (nSPS) is 13.9. The van der Waals surface area contributed by atoms with Crippen LogP contribution in [0.15, 0.2) is 36.4 Å². The van der Waals surface area contributed by atoms with Crippen LogP contribution in [0.5, 0.6) is 23.0 Å². The van der Waals surface area contributed by atoms with Gasteiger partial charge in [-0.05, 0) is 67.3 Å². The summed E-state index contributed by atoms with van der Waals surface area (Å²) in [6, 6.07) is 10.0. The fraction of sp³-hybridized carbons (Fsp3) is 0.273. The Labute approximate surface area is 191 Å². The Morgan fingerprint density at radius 1 is 1.18 bits per heavy atom. The molecular weight excluding hydrogens is 449 g/mol. The molecule has 1 saturated carbocycles. The van der Waals surface area contributed by atoms with Gasteiger partial charge in [0.25, 0.3) is 11.9 Å². The second-order valence-corrected chi connectivity index (χ2v) is 8.58. The number of carbonyl (C=O) groups is 1. The number of fused-ring (bicyclic) bond motifs is 1. The number of benzene rings is 2. The molecule has 0 bridgehead atoms. The van der Waals surface area contributed by atoms with Crippen molar-refractivity contribution in [1.29, 1.82) is 0 Å². The van der Waals surface area contributed by atoms with Gasteiger partial charge in [-0.3, -0.25) is 10.1 Å². The molecule has 1 amide bonds. The highest BCUT2D eigenvalue weighted by molar-refractivity contribution is 7.21. The van der Waals surface area contributed by atoms with Crippen LogP contribution in [0.1, 0.15) is 35.4 Å². The highest BCUT2D eigenvalue weighted by Crippen LogP contribution is 2.43. The molecule has 11 heteroatoms. The molecule has 2 heterocycles. The van der Waals surface area contributed by atoms with E-state index >= 15 is 0 Å². The Morgan fingerprint density at radius 2 is 1.94 bits per heavy atom. The van der Waals surface area contributed by atoms with Crippen LogP contribution in [0.25, 0.3) is 10.1 Å². The number of carbonyl (C=O) groups excluding carboxylic acids is 1. The first-order valence-corrected chi connectivity index (χ1v) is 11.2. The van der Waals surface area contributed by atoms with Crippen LogP contribution in [-0.2, 0) is 0 Å². The summed E-state index contributed by atoms with van der Waals surface area (Å²) in [5.41, 5.74) is 0. The third-order valence-electron chi connectivity index (χ3n) is 5.34. The van der Waals surface area contributed by atoms with Crippen molar-refractivity contribution in [3.8, 4) is 23.0 Å². The van der Waals surface area contributed by atoms with E-state index in [2.05, 4.69) is 25.9 Å². The van der Waals surface area contributed by atoms with Crippen molar-refractivity contribution in [2.24, 2.45) is 0 Å². The molecule has 0 aliphatic heterocycles. The number of thiophene rings is 1. The van der Waals surface area contributed by atoms with E-state index in [1.807, 2.05) is 12.1 Å². The number of nitrogens with one attached hydrogen (secondary N) is 2. The van der Waals surface area contributed by atoms with Gasteiger partial charge < -0.3 is 14.2 Å². The van der Waals surface area contributed by atoms with Crippen molar-refractivity contribution in [2.45, 2.75) is 31.8 Å². The van der Waals surface area contributed by atoms with E-state index in [-0.39, 0.29) is 28.4 Å². The average Bonchev–Trinajstić information content (AvgIpc) is 3.57. The summed E-state index contributed by atoms with van der Waals surface area (Å²) in [6.07, 6.45) is 4.76. The van der Waals surface area contributed by atoms with E-state index in [4.69, 9.17) is 14.2 Å². The van der Waals surface area contributed by atoms with Crippen molar-refractivity contribution in [1.82, 2.24) is 20.6 Å². The SMILES string of the molecule is COc1cc2c(Oc3ccc(OC4CCCC4)cc3)c(C(=O)Nc3nn[nH]n3)sc2cc1F. The molecule has 2 aromatic carbocycles. The number of ether oxygens (including phenoxy) is 3. The molecule has 0 spiro atoms. The van der Waals surface area contributed by atoms with E-state index in [1.54, 1.807) is 12.1 Å². The quantitative estimate of drug-likeness (QED) is 0.395. The van der Waals surface area contributed by atoms with Crippen LogP contribution >= 0.6 is 11.3 Å². The summed E-state index contributed by atoms with van der Waals surface area (Å²) >= 11 is 1.09. The predicted octanol–water partition coefficient (Wildman–Crippen LogP) is 4.93. The lowest BCUT2D eigenvalue weighted by Gasteiger charge is -2.13. The van der Waals surface area contributed by atoms with Crippen LogP contribution < -0.4 is 19.5 Å². The number of rotatable bonds is 7. The number of H-pyrrole nitrogens is 1. The van der Waals surface area contributed by atoms with Gasteiger partial charge in [0.05, 0.1) is 13.2 Å². The lowest BCUT2D eigenvalue weighted by Crippen LogP contribution is -2.12. The first-order chi connectivity index (χ1) is 16.1. The molecule has 170 valence electrons. The molecule has 5 rings (SSSR count). The van der Waals surface area contributed by atoms with Gasteiger partial charge in [-0.15, -0.1) is 16.4 Å². The highest BCUT2D eigenvalue weighted by atomic mass is 32.1. The summed E-state index contributed by atoms with van der Waals surface area (Å²) in [5.74, 6) is 0.577. The molecular formula is C22H20FN5O4S. The van der Waals surface area contributed by atoms with Crippen molar-refractivity contribution in [3.63, 3.8) is 0 Å². The zero-order valence-electron chi connectivity index (χ0n) is 17.6. The largest absolute Gasteiger partial charge is 0.494 e. The van der Waals surface area contributed by atoms with Crippen molar-refractivity contribution in [2.75, 3.05) is 12.4 Å². The fourth-order valence-corrected chi connectivity index (χ4v) is 4.79. The minimum absolute atomic E-state index is 0.0144. The molecule has 1 aliphatic carbocycles. The lowest BCUT2D eigenvalue weighted by molar-refractivity contribution is 0.102. The Morgan fingerprint density at radius 3 is 2.64 bits per heavy atom. The molecule has 2 N–H and O–H groups in total. The van der Waals surface area contributed by atoms with Crippen LogP contribution in [0.3, 0.4) is 0 Å². The van der Waals surface area contributed by atoms with Crippen LogP contribution in [-0.4, -0.2) is 39.7 Å². The maximum atomic E-state index is 14.3. The topological polar surface area (TPSA) is 111 Å². The second-order valence-electron chi connectivity index (χ2n) is 7.53. The Hall–Kier alpha value is -3.73. The summed E-state index contributed by atoms with van der Waals surface area (Å²) in [4.78, 5) is 13.2. The number of methoxy groups -OCH3 is 1. The molecule has 0 atom stereocenters. The molecule has 0 saturated heterocycles. The van der Waals surface area contributed by atoms with Gasteiger partial charge in [0, 0.05) is 10.1 Å². The van der Waals surface area contributed by atoms with E-state index in [1.165, 1.54) is 32.1 Å². The lowest BCUT2D eigenvalue weighted by atomic mass is 10.2. The molecule has 1 fully saturated rings. The monoisotopic (exact) mass is 469 g/mol. The molecule has 0 unspecified atom stereocenters. The molecule has 0 radical (unpaired) electrons. The number of aromatic amines is 1. The zero-order valence-corrected chi connectivity index (χ0v) is 18.4. The minimum Gasteiger partial charge on any atom is -0.494 e. The number of hydrogen-bond acceptors (Lipinski definition) is 8. The van der Waals surface area contributed by atoms with Crippen molar-refractivity contribution < 1.29 is 23.4 Å². The number of halogens is 1. The first-order valence-electron chi connectivity index (χ1n) is 10.4. The Balaban J connectivity index is 1.47. The van der Waals surface area contributed by atoms with Gasteiger partial charge in [0.15, 0.2) is 17.3 Å². The fourth-order valence-electron chi connectivity index (χ4n) is 3.76. The molecule has 4 aromatic rings. The number of amides is 1. The molecule has 9 nitrogen and oxygen atoms in total. The number of tetrazole rings is 1. The smallest absolute Gasteiger partial charge is 0.272 e. The van der Waals surface area contributed by atoms with Gasteiger partial charge in [-0.25, -0.2) is 4.39 Å². The van der Waals surface area contributed by atoms with Crippen LogP contribution in [0.4, 0.5) is 10.3 Å². The predicted molar refractivity (Wildman–Crippen MR) is 120 cm³/mol. The minimum atomic E-state index is -0.531. The maximum Gasteiger partial charge on any atom is 0.272 e. The van der Waals surface area contributed by atoms with E-state index in [0.29, 0.717) is 15.8 Å². The van der Waals surface area contributed by atoms with Gasteiger partial charge in [0.1, 0.15) is 16.4 Å². The summed E-state index contributed by atoms with van der Waals surface area (Å²) in [6.45, 7) is 0. The van der Waals surface area contributed by atoms with Gasteiger partial charge >= 0.3 is 0 Å². The third-order valence-corrected chi connectivity index (χ3v) is 6.47. The Kier molecular flexibility index (Phi) is 5.78. The first kappa shape index (κ1) is 21.1. The van der Waals surface area contributed by atoms with Gasteiger partial charge in [0.2, 0.25) is 0 Å². The van der Waals surface area contributed by atoms with E-state index in [0.717, 1.165) is 29.9 Å². The van der Waals surface area contributed by atoms with Crippen LogP contribution in [0.2, 0.25) is 0 Å². The van der Waals surface area contributed by atoms with Crippen LogP contribution in [0, 0.1) is 5.82 Å². The van der Waals surface area contributed by atoms with Gasteiger partial charge in [-0.1, -0.05) is 5.10 Å². The highest BCUT2D eigenvalue weighted by Gasteiger charge is 2.24. The van der Waals surface area contributed by atoms with Gasteiger partial charge in [-0.2, -0.15) is 5.21 Å². The van der Waals surface area contributed by atoms with Crippen molar-refractivity contribution >= 4 is 33.3 Å². The van der Waals surface area contributed by atoms with E-state index in [9.17, 15) is 9.18 Å². The number of hydrogen-bond donors (Lipinski definition) is 2. The summed E-state index contributed by atoms with van der Waals surface area (Å²) in [7, 11) is 1.38. The van der Waals surface area contributed by atoms with E-state index < -0.39 is 11.7 Å². The average molecular weight is 469 g/mol. The number of aromatic nitrogens is 4. The maximum absolute atomic E-state index is 14.3. The summed E-state index contributed by atoms with van der Waals surface area (Å²) in [5, 5.41) is 16.3. The zero-order chi connectivity index (χ0) is 22.8. The summed E-state index contributed by atoms with van der Waals surface area (Å²) < 4.78 is 32.1. The number of anilines is 1. The standard InChI is InChI=1S/C22H20FN5O4S/c1-30-17-10-15-18(11-16(17)23)33-20(21(29)24-22-25-27-28-26-22)19(15)32-14-8-6-13(7-9-14)31-12-4-2-3-5-12/h6-12H,2-5H2,1H3,(H2,24,25,26,27,28,29). The molecule has 1 aliphatic rings. The third kappa shape index (κ3) is 4.44. The molecule has 33 heavy (non-hydrogen) atoms. The second kappa shape index (κ2) is 9.02. The van der Waals surface area contributed by atoms with Crippen molar-refractivity contribution in [3.05, 3.63) is 47.1 Å². The Bertz CT molecular complexity index is 1270. The molecule has 2 aromatic heterocycles.